The van der Waals surface area contributed by atoms with Crippen LogP contribution in [0.25, 0.3) is 0 Å². The molecule has 0 radical (unpaired) electrons. The first kappa shape index (κ1) is 13.4. The molecule has 3 heteroatoms. The summed E-state index contributed by atoms with van der Waals surface area (Å²) in [6.07, 6.45) is 1.86. The van der Waals surface area contributed by atoms with Gasteiger partial charge in [0.25, 0.3) is 0 Å². The number of carbonyl (C=O) groups is 2. The van der Waals surface area contributed by atoms with E-state index in [1.54, 1.807) is 13.8 Å². The van der Waals surface area contributed by atoms with E-state index in [2.05, 4.69) is 0 Å². The largest absolute Gasteiger partial charge is 0.481 e. The summed E-state index contributed by atoms with van der Waals surface area (Å²) in [4.78, 5) is 21.5. The van der Waals surface area contributed by atoms with Crippen LogP contribution in [0.15, 0.2) is 24.3 Å². The van der Waals surface area contributed by atoms with Crippen LogP contribution in [0.4, 0.5) is 0 Å². The fourth-order valence-corrected chi connectivity index (χ4v) is 1.60. The standard InChI is InChI=1S/C14H18O3/c1-10(14(16)17)9-13-7-5-12(6-8-13)4-3-11(2)15/h5-8,10H,3-4,9H2,1-2H3,(H,16,17)/t10-/m0/s1. The van der Waals surface area contributed by atoms with E-state index in [0.717, 1.165) is 17.5 Å². The Balaban J connectivity index is 2.55. The van der Waals surface area contributed by atoms with Crippen LogP contribution in [0.5, 0.6) is 0 Å². The summed E-state index contributed by atoms with van der Waals surface area (Å²) in [5.74, 6) is -0.947. The third-order valence-corrected chi connectivity index (χ3v) is 2.75. The van der Waals surface area contributed by atoms with E-state index in [1.807, 2.05) is 24.3 Å². The molecule has 0 aliphatic rings. The van der Waals surface area contributed by atoms with Crippen molar-refractivity contribution in [1.29, 1.82) is 0 Å². The lowest BCUT2D eigenvalue weighted by Gasteiger charge is -2.07. The third kappa shape index (κ3) is 4.81. The fraction of sp³-hybridized carbons (Fsp3) is 0.429. The van der Waals surface area contributed by atoms with Crippen LogP contribution in [0, 0.1) is 5.92 Å². The minimum atomic E-state index is -0.773. The maximum Gasteiger partial charge on any atom is 0.306 e. The number of carboxylic acids is 1. The van der Waals surface area contributed by atoms with Gasteiger partial charge in [0.15, 0.2) is 0 Å². The third-order valence-electron chi connectivity index (χ3n) is 2.75. The highest BCUT2D eigenvalue weighted by Gasteiger charge is 2.11. The Morgan fingerprint density at radius 2 is 1.71 bits per heavy atom. The number of Topliss-reactive ketones (excluding diaryl/α,β-unsaturated/α-hetero) is 1. The van der Waals surface area contributed by atoms with Gasteiger partial charge in [-0.1, -0.05) is 31.2 Å². The number of benzene rings is 1. The first-order valence-corrected chi connectivity index (χ1v) is 5.79. The van der Waals surface area contributed by atoms with Crippen LogP contribution in [-0.2, 0) is 22.4 Å². The van der Waals surface area contributed by atoms with Crippen LogP contribution in [0.3, 0.4) is 0 Å². The van der Waals surface area contributed by atoms with E-state index in [0.29, 0.717) is 12.8 Å². The smallest absolute Gasteiger partial charge is 0.306 e. The van der Waals surface area contributed by atoms with E-state index < -0.39 is 5.97 Å². The zero-order valence-electron chi connectivity index (χ0n) is 10.3. The molecule has 0 saturated carbocycles. The summed E-state index contributed by atoms with van der Waals surface area (Å²) in [5, 5.41) is 8.81. The number of hydrogen-bond acceptors (Lipinski definition) is 2. The SMILES string of the molecule is CC(=O)CCc1ccc(C[C@H](C)C(=O)O)cc1. The van der Waals surface area contributed by atoms with Crippen LogP contribution in [0.1, 0.15) is 31.4 Å². The van der Waals surface area contributed by atoms with Gasteiger partial charge in [0.05, 0.1) is 5.92 Å². The summed E-state index contributed by atoms with van der Waals surface area (Å²) >= 11 is 0. The van der Waals surface area contributed by atoms with Crippen molar-refractivity contribution in [3.05, 3.63) is 35.4 Å². The highest BCUT2D eigenvalue weighted by atomic mass is 16.4. The van der Waals surface area contributed by atoms with Gasteiger partial charge >= 0.3 is 5.97 Å². The van der Waals surface area contributed by atoms with Gasteiger partial charge in [0.1, 0.15) is 5.78 Å². The minimum absolute atomic E-state index is 0.188. The molecule has 1 aromatic carbocycles. The molecule has 1 N–H and O–H groups in total. The molecule has 0 fully saturated rings. The van der Waals surface area contributed by atoms with Gasteiger partial charge < -0.3 is 9.90 Å². The minimum Gasteiger partial charge on any atom is -0.481 e. The molecule has 1 atom stereocenters. The summed E-state index contributed by atoms with van der Waals surface area (Å²) < 4.78 is 0. The molecular weight excluding hydrogens is 216 g/mol. The van der Waals surface area contributed by atoms with E-state index >= 15 is 0 Å². The quantitative estimate of drug-likeness (QED) is 0.822. The molecule has 3 nitrogen and oxygen atoms in total. The lowest BCUT2D eigenvalue weighted by atomic mass is 9.99. The predicted octanol–water partition coefficient (Wildman–Crippen LogP) is 2.47. The highest BCUT2D eigenvalue weighted by molar-refractivity contribution is 5.75. The molecule has 1 rings (SSSR count). The van der Waals surface area contributed by atoms with Crippen molar-refractivity contribution in [2.24, 2.45) is 5.92 Å². The zero-order chi connectivity index (χ0) is 12.8. The van der Waals surface area contributed by atoms with Crippen molar-refractivity contribution in [1.82, 2.24) is 0 Å². The zero-order valence-corrected chi connectivity index (χ0v) is 10.3. The second-order valence-electron chi connectivity index (χ2n) is 4.46. The molecule has 0 aromatic heterocycles. The lowest BCUT2D eigenvalue weighted by Crippen LogP contribution is -2.12. The molecule has 0 spiro atoms. The average Bonchev–Trinajstić information content (AvgIpc) is 2.28. The Hall–Kier alpha value is -1.64. The normalized spacial score (nSPS) is 12.1. The van der Waals surface area contributed by atoms with E-state index in [-0.39, 0.29) is 11.7 Å². The van der Waals surface area contributed by atoms with Crippen molar-refractivity contribution in [2.75, 3.05) is 0 Å². The van der Waals surface area contributed by atoms with E-state index in [1.165, 1.54) is 0 Å². The van der Waals surface area contributed by atoms with E-state index in [4.69, 9.17) is 5.11 Å². The van der Waals surface area contributed by atoms with Gasteiger partial charge in [-0.2, -0.15) is 0 Å². The molecule has 0 amide bonds. The summed E-state index contributed by atoms with van der Waals surface area (Å²) in [7, 11) is 0. The van der Waals surface area contributed by atoms with Gasteiger partial charge in [-0.25, -0.2) is 0 Å². The van der Waals surface area contributed by atoms with Crippen LogP contribution in [-0.4, -0.2) is 16.9 Å². The average molecular weight is 234 g/mol. The topological polar surface area (TPSA) is 54.4 Å². The van der Waals surface area contributed by atoms with Crippen molar-refractivity contribution in [3.63, 3.8) is 0 Å². The van der Waals surface area contributed by atoms with Crippen molar-refractivity contribution >= 4 is 11.8 Å². The summed E-state index contributed by atoms with van der Waals surface area (Å²) in [6, 6.07) is 7.81. The van der Waals surface area contributed by atoms with Gasteiger partial charge in [0.2, 0.25) is 0 Å². The van der Waals surface area contributed by atoms with Gasteiger partial charge in [-0.3, -0.25) is 4.79 Å². The fourth-order valence-electron chi connectivity index (χ4n) is 1.60. The van der Waals surface area contributed by atoms with Gasteiger partial charge in [-0.15, -0.1) is 0 Å². The molecule has 0 saturated heterocycles. The molecule has 0 aliphatic carbocycles. The second kappa shape index (κ2) is 6.18. The molecule has 0 heterocycles. The summed E-state index contributed by atoms with van der Waals surface area (Å²) in [5.41, 5.74) is 2.14. The maximum absolute atomic E-state index is 10.8. The second-order valence-corrected chi connectivity index (χ2v) is 4.46. The Morgan fingerprint density at radius 3 is 2.18 bits per heavy atom. The van der Waals surface area contributed by atoms with Crippen molar-refractivity contribution in [2.45, 2.75) is 33.1 Å². The number of hydrogen-bond donors (Lipinski definition) is 1. The lowest BCUT2D eigenvalue weighted by molar-refractivity contribution is -0.141. The number of aliphatic carboxylic acids is 1. The van der Waals surface area contributed by atoms with Crippen LogP contribution >= 0.6 is 0 Å². The molecule has 17 heavy (non-hydrogen) atoms. The molecule has 92 valence electrons. The Kier molecular flexibility index (Phi) is 4.88. The van der Waals surface area contributed by atoms with E-state index in [9.17, 15) is 9.59 Å². The number of ketones is 1. The van der Waals surface area contributed by atoms with Crippen molar-refractivity contribution < 1.29 is 14.7 Å². The number of rotatable bonds is 6. The Bertz CT molecular complexity index is 392. The number of aryl methyl sites for hydroxylation is 1. The molecule has 0 aliphatic heterocycles. The van der Waals surface area contributed by atoms with Crippen LogP contribution in [0.2, 0.25) is 0 Å². The molecule has 0 bridgehead atoms. The molecule has 0 unspecified atom stereocenters. The monoisotopic (exact) mass is 234 g/mol. The van der Waals surface area contributed by atoms with Gasteiger partial charge in [0, 0.05) is 6.42 Å². The Labute approximate surface area is 101 Å². The van der Waals surface area contributed by atoms with Crippen molar-refractivity contribution in [3.8, 4) is 0 Å². The maximum atomic E-state index is 10.8. The number of carbonyl (C=O) groups excluding carboxylic acids is 1. The highest BCUT2D eigenvalue weighted by Crippen LogP contribution is 2.11. The number of carboxylic acid groups (broad SMARTS) is 1. The summed E-state index contributed by atoms with van der Waals surface area (Å²) in [6.45, 7) is 3.29. The molecular formula is C14H18O3. The first-order valence-electron chi connectivity index (χ1n) is 5.79. The van der Waals surface area contributed by atoms with Crippen LogP contribution < -0.4 is 0 Å². The first-order chi connectivity index (χ1) is 7.99. The molecule has 1 aromatic rings. The van der Waals surface area contributed by atoms with Gasteiger partial charge in [-0.05, 0) is 30.9 Å². The predicted molar refractivity (Wildman–Crippen MR) is 65.9 cm³/mol. The Morgan fingerprint density at radius 1 is 1.18 bits per heavy atom.